The molecule has 0 radical (unpaired) electrons. The lowest BCUT2D eigenvalue weighted by atomic mass is 9.65. The summed E-state index contributed by atoms with van der Waals surface area (Å²) in [6.07, 6.45) is 0. The second kappa shape index (κ2) is 8.83. The number of carbonyl (C=O) groups excluding carboxylic acids is 1. The fraction of sp³-hybridized carbons (Fsp3) is 0.0667. The predicted molar refractivity (Wildman–Crippen MR) is 132 cm³/mol. The molecule has 0 bridgehead atoms. The first kappa shape index (κ1) is 21.4. The fourth-order valence-corrected chi connectivity index (χ4v) is 4.74. The Bertz CT molecular complexity index is 1410. The molecule has 0 fully saturated rings. The summed E-state index contributed by atoms with van der Waals surface area (Å²) in [5, 5.41) is 0.524. The third-order valence-electron chi connectivity index (χ3n) is 6.20. The van der Waals surface area contributed by atoms with Gasteiger partial charge >= 0.3 is 11.6 Å². The number of esters is 1. The zero-order valence-corrected chi connectivity index (χ0v) is 18.6. The molecule has 0 saturated carbocycles. The van der Waals surface area contributed by atoms with Crippen molar-refractivity contribution in [2.24, 2.45) is 0 Å². The van der Waals surface area contributed by atoms with Crippen molar-refractivity contribution in [1.29, 1.82) is 0 Å². The number of hydrogen-bond donors (Lipinski definition) is 0. The summed E-state index contributed by atoms with van der Waals surface area (Å²) < 4.78 is 10.4. The zero-order valence-electron chi connectivity index (χ0n) is 18.6. The summed E-state index contributed by atoms with van der Waals surface area (Å²) in [4.78, 5) is 24.6. The largest absolute Gasteiger partial charge is 0.465 e. The fourth-order valence-electron chi connectivity index (χ4n) is 4.74. The second-order valence-electron chi connectivity index (χ2n) is 8.03. The molecule has 0 spiro atoms. The average molecular weight is 447 g/mol. The van der Waals surface area contributed by atoms with Crippen LogP contribution in [0.25, 0.3) is 11.0 Å². The molecule has 0 amide bonds. The first-order chi connectivity index (χ1) is 16.6. The molecule has 0 aliphatic heterocycles. The van der Waals surface area contributed by atoms with Crippen molar-refractivity contribution in [1.82, 2.24) is 0 Å². The molecule has 0 unspecified atom stereocenters. The van der Waals surface area contributed by atoms with Gasteiger partial charge in [-0.15, -0.1) is 0 Å². The minimum Gasteiger partial charge on any atom is -0.465 e. The van der Waals surface area contributed by atoms with Crippen LogP contribution in [0.15, 0.2) is 124 Å². The van der Waals surface area contributed by atoms with Crippen molar-refractivity contribution in [2.45, 2.75) is 5.41 Å². The zero-order chi connectivity index (χ0) is 23.5. The van der Waals surface area contributed by atoms with Gasteiger partial charge in [0.2, 0.25) is 0 Å². The molecule has 166 valence electrons. The Balaban J connectivity index is 1.93. The molecule has 0 aliphatic rings. The molecule has 4 aromatic carbocycles. The van der Waals surface area contributed by atoms with Gasteiger partial charge in [0.25, 0.3) is 0 Å². The van der Waals surface area contributed by atoms with E-state index in [9.17, 15) is 9.59 Å². The second-order valence-corrected chi connectivity index (χ2v) is 8.03. The molecule has 34 heavy (non-hydrogen) atoms. The number of methoxy groups -OCH3 is 1. The first-order valence-electron chi connectivity index (χ1n) is 11.0. The summed E-state index contributed by atoms with van der Waals surface area (Å²) in [6.45, 7) is 0. The maximum absolute atomic E-state index is 12.5. The Labute approximate surface area is 197 Å². The van der Waals surface area contributed by atoms with Crippen LogP contribution in [0.2, 0.25) is 0 Å². The molecule has 5 rings (SSSR count). The standard InChI is InChI=1S/C30H22O4/c1-33-29(32)26-20-28(31)34-27-18-17-24(19-25(26)27)30(21-11-5-2-6-12-21,22-13-7-3-8-14-22)23-15-9-4-10-16-23/h2-20H,1H3. The van der Waals surface area contributed by atoms with E-state index < -0.39 is 17.0 Å². The molecule has 0 N–H and O–H groups in total. The van der Waals surface area contributed by atoms with E-state index in [4.69, 9.17) is 9.15 Å². The topological polar surface area (TPSA) is 56.5 Å². The third kappa shape index (κ3) is 3.50. The highest BCUT2D eigenvalue weighted by Crippen LogP contribution is 2.45. The van der Waals surface area contributed by atoms with Crippen LogP contribution in [-0.4, -0.2) is 13.1 Å². The van der Waals surface area contributed by atoms with Crippen molar-refractivity contribution < 1.29 is 13.9 Å². The van der Waals surface area contributed by atoms with Crippen molar-refractivity contribution in [2.75, 3.05) is 7.11 Å². The SMILES string of the molecule is COC(=O)c1cc(=O)oc2ccc(C(c3ccccc3)(c3ccccc3)c3ccccc3)cc12. The van der Waals surface area contributed by atoms with Crippen molar-refractivity contribution in [3.8, 4) is 0 Å². The van der Waals surface area contributed by atoms with Gasteiger partial charge in [-0.3, -0.25) is 0 Å². The Morgan fingerprint density at radius 3 is 1.65 bits per heavy atom. The molecule has 0 aliphatic carbocycles. The van der Waals surface area contributed by atoms with E-state index in [0.29, 0.717) is 11.0 Å². The van der Waals surface area contributed by atoms with Crippen LogP contribution in [0.5, 0.6) is 0 Å². The highest BCUT2D eigenvalue weighted by Gasteiger charge is 2.38. The lowest BCUT2D eigenvalue weighted by Crippen LogP contribution is -2.31. The maximum atomic E-state index is 12.5. The monoisotopic (exact) mass is 446 g/mol. The molecule has 1 heterocycles. The number of fused-ring (bicyclic) bond motifs is 1. The van der Waals surface area contributed by atoms with Gasteiger partial charge in [0.1, 0.15) is 5.58 Å². The lowest BCUT2D eigenvalue weighted by molar-refractivity contribution is 0.0602. The van der Waals surface area contributed by atoms with Crippen molar-refractivity contribution >= 4 is 16.9 Å². The Hall–Kier alpha value is -4.44. The minimum absolute atomic E-state index is 0.179. The molecular formula is C30H22O4. The third-order valence-corrected chi connectivity index (χ3v) is 6.20. The predicted octanol–water partition coefficient (Wildman–Crippen LogP) is 5.96. The van der Waals surface area contributed by atoms with Gasteiger partial charge in [0, 0.05) is 11.5 Å². The van der Waals surface area contributed by atoms with E-state index in [-0.39, 0.29) is 5.56 Å². The van der Waals surface area contributed by atoms with E-state index in [1.165, 1.54) is 13.2 Å². The van der Waals surface area contributed by atoms with E-state index in [0.717, 1.165) is 22.3 Å². The average Bonchev–Trinajstić information content (AvgIpc) is 2.90. The van der Waals surface area contributed by atoms with E-state index >= 15 is 0 Å². The Morgan fingerprint density at radius 1 is 0.676 bits per heavy atom. The normalized spacial score (nSPS) is 11.3. The number of hydrogen-bond acceptors (Lipinski definition) is 4. The number of ether oxygens (including phenoxy) is 1. The van der Waals surface area contributed by atoms with Gasteiger partial charge in [0.15, 0.2) is 0 Å². The number of carbonyl (C=O) groups is 1. The lowest BCUT2D eigenvalue weighted by Gasteiger charge is -2.37. The molecule has 0 saturated heterocycles. The van der Waals surface area contributed by atoms with Crippen molar-refractivity contribution in [3.63, 3.8) is 0 Å². The van der Waals surface area contributed by atoms with Crippen LogP contribution in [0.3, 0.4) is 0 Å². The van der Waals surface area contributed by atoms with Crippen LogP contribution in [0.1, 0.15) is 32.6 Å². The Kier molecular flexibility index (Phi) is 5.56. The van der Waals surface area contributed by atoms with Gasteiger partial charge in [-0.05, 0) is 34.4 Å². The first-order valence-corrected chi connectivity index (χ1v) is 11.0. The molecule has 4 nitrogen and oxygen atoms in total. The maximum Gasteiger partial charge on any atom is 0.338 e. The van der Waals surface area contributed by atoms with Crippen LogP contribution in [0.4, 0.5) is 0 Å². The molecule has 1 aromatic heterocycles. The summed E-state index contributed by atoms with van der Waals surface area (Å²) in [5.74, 6) is -0.584. The summed E-state index contributed by atoms with van der Waals surface area (Å²) in [6, 6.07) is 37.6. The quantitative estimate of drug-likeness (QED) is 0.190. The van der Waals surface area contributed by atoms with Crippen LogP contribution >= 0.6 is 0 Å². The van der Waals surface area contributed by atoms with Crippen molar-refractivity contribution in [3.05, 3.63) is 153 Å². The van der Waals surface area contributed by atoms with Crippen LogP contribution in [0, 0.1) is 0 Å². The summed E-state index contributed by atoms with van der Waals surface area (Å²) in [5.41, 5.74) is 3.39. The molecular weight excluding hydrogens is 424 g/mol. The van der Waals surface area contributed by atoms with E-state index in [1.54, 1.807) is 6.07 Å². The van der Waals surface area contributed by atoms with Crippen LogP contribution in [-0.2, 0) is 10.2 Å². The Morgan fingerprint density at radius 2 is 1.18 bits per heavy atom. The highest BCUT2D eigenvalue weighted by molar-refractivity contribution is 6.03. The summed E-state index contributed by atoms with van der Waals surface area (Å²) in [7, 11) is 1.30. The smallest absolute Gasteiger partial charge is 0.338 e. The van der Waals surface area contributed by atoms with Gasteiger partial charge in [-0.1, -0.05) is 97.1 Å². The number of benzene rings is 4. The van der Waals surface area contributed by atoms with Gasteiger partial charge in [0.05, 0.1) is 18.1 Å². The molecule has 5 aromatic rings. The molecule has 0 atom stereocenters. The minimum atomic E-state index is -0.679. The van der Waals surface area contributed by atoms with Gasteiger partial charge in [-0.2, -0.15) is 0 Å². The van der Waals surface area contributed by atoms with E-state index in [2.05, 4.69) is 36.4 Å². The van der Waals surface area contributed by atoms with Gasteiger partial charge in [-0.25, -0.2) is 9.59 Å². The van der Waals surface area contributed by atoms with Gasteiger partial charge < -0.3 is 9.15 Å². The van der Waals surface area contributed by atoms with E-state index in [1.807, 2.05) is 66.7 Å². The summed E-state index contributed by atoms with van der Waals surface area (Å²) >= 11 is 0. The number of rotatable bonds is 5. The highest BCUT2D eigenvalue weighted by atomic mass is 16.5. The van der Waals surface area contributed by atoms with Crippen LogP contribution < -0.4 is 5.63 Å². The molecule has 4 heteroatoms.